The Kier molecular flexibility index (Phi) is 4.02. The molecule has 0 aliphatic heterocycles. The number of aromatic amines is 1. The van der Waals surface area contributed by atoms with Gasteiger partial charge in [0.2, 0.25) is 5.91 Å². The lowest BCUT2D eigenvalue weighted by molar-refractivity contribution is -0.125. The van der Waals surface area contributed by atoms with Crippen LogP contribution >= 0.6 is 0 Å². The molecule has 0 unspecified atom stereocenters. The third-order valence-corrected chi connectivity index (χ3v) is 2.50. The molecule has 0 saturated heterocycles. The van der Waals surface area contributed by atoms with Crippen LogP contribution in [0.15, 0.2) is 30.6 Å². The van der Waals surface area contributed by atoms with Gasteiger partial charge >= 0.3 is 0 Å². The number of nitrogens with zero attached hydrogens (tertiary/aromatic N) is 4. The van der Waals surface area contributed by atoms with Crippen LogP contribution in [0.4, 0.5) is 0 Å². The van der Waals surface area contributed by atoms with Gasteiger partial charge in [-0.3, -0.25) is 14.9 Å². The summed E-state index contributed by atoms with van der Waals surface area (Å²) in [5.74, 6) is 1.23. The van der Waals surface area contributed by atoms with Crippen LogP contribution < -0.4 is 0 Å². The van der Waals surface area contributed by atoms with Crippen LogP contribution in [-0.4, -0.2) is 38.0 Å². The van der Waals surface area contributed by atoms with Crippen molar-refractivity contribution in [1.29, 1.82) is 0 Å². The number of nitrogens with one attached hydrogen (secondary N) is 1. The number of aromatic nitrogens is 4. The van der Waals surface area contributed by atoms with Gasteiger partial charge in [0, 0.05) is 25.5 Å². The lowest BCUT2D eigenvalue weighted by atomic mass is 10.2. The Bertz CT molecular complexity index is 576. The van der Waals surface area contributed by atoms with Crippen molar-refractivity contribution in [1.82, 2.24) is 25.1 Å². The molecule has 0 saturated carbocycles. The number of H-pyrrole nitrogens is 1. The molecule has 0 radical (unpaired) electrons. The molecule has 2 aromatic heterocycles. The lowest BCUT2D eigenvalue weighted by Crippen LogP contribution is -2.24. The summed E-state index contributed by atoms with van der Waals surface area (Å²) in [5, 5.41) is 6.74. The summed E-state index contributed by atoms with van der Waals surface area (Å²) < 4.78 is 0. The van der Waals surface area contributed by atoms with Gasteiger partial charge in [-0.1, -0.05) is 6.07 Å². The Morgan fingerprint density at radius 3 is 3.00 bits per heavy atom. The highest BCUT2D eigenvalue weighted by Crippen LogP contribution is 2.02. The van der Waals surface area contributed by atoms with Gasteiger partial charge in [-0.15, -0.1) is 0 Å². The van der Waals surface area contributed by atoms with Crippen molar-refractivity contribution in [3.8, 4) is 0 Å². The average molecular weight is 257 g/mol. The first kappa shape index (κ1) is 12.9. The fourth-order valence-electron chi connectivity index (χ4n) is 1.52. The molecule has 0 bridgehead atoms. The normalized spacial score (nSPS) is 10.8. The van der Waals surface area contributed by atoms with Crippen LogP contribution in [0.3, 0.4) is 0 Å². The Morgan fingerprint density at radius 1 is 1.53 bits per heavy atom. The van der Waals surface area contributed by atoms with E-state index in [1.807, 2.05) is 19.1 Å². The van der Waals surface area contributed by atoms with Crippen molar-refractivity contribution in [3.05, 3.63) is 47.8 Å². The SMILES string of the molecule is Cc1nc(CN(C)C(=O)C=Cc2cccnc2)n[nH]1. The predicted octanol–water partition coefficient (Wildman–Crippen LogP) is 1.18. The van der Waals surface area contributed by atoms with E-state index in [9.17, 15) is 4.79 Å². The minimum Gasteiger partial charge on any atom is -0.335 e. The van der Waals surface area contributed by atoms with E-state index >= 15 is 0 Å². The van der Waals surface area contributed by atoms with Gasteiger partial charge < -0.3 is 4.90 Å². The second-order valence-electron chi connectivity index (χ2n) is 4.15. The summed E-state index contributed by atoms with van der Waals surface area (Å²) in [6, 6.07) is 3.71. The lowest BCUT2D eigenvalue weighted by Gasteiger charge is -2.12. The van der Waals surface area contributed by atoms with E-state index in [4.69, 9.17) is 0 Å². The summed E-state index contributed by atoms with van der Waals surface area (Å²) >= 11 is 0. The first-order valence-electron chi connectivity index (χ1n) is 5.86. The van der Waals surface area contributed by atoms with Gasteiger partial charge in [0.15, 0.2) is 5.82 Å². The Hall–Kier alpha value is -2.50. The van der Waals surface area contributed by atoms with Gasteiger partial charge in [0.05, 0.1) is 6.54 Å². The van der Waals surface area contributed by atoms with Gasteiger partial charge in [-0.2, -0.15) is 5.10 Å². The maximum atomic E-state index is 11.9. The molecule has 0 aliphatic carbocycles. The molecule has 2 rings (SSSR count). The highest BCUT2D eigenvalue weighted by atomic mass is 16.2. The fraction of sp³-hybridized carbons (Fsp3) is 0.231. The van der Waals surface area contributed by atoms with Crippen LogP contribution in [-0.2, 0) is 11.3 Å². The van der Waals surface area contributed by atoms with Gasteiger partial charge in [0.25, 0.3) is 0 Å². The standard InChI is InChI=1S/C13H15N5O/c1-10-15-12(17-16-10)9-18(2)13(19)6-5-11-4-3-7-14-8-11/h3-8H,9H2,1-2H3,(H,15,16,17). The largest absolute Gasteiger partial charge is 0.335 e. The number of amides is 1. The van der Waals surface area contributed by atoms with Crippen molar-refractivity contribution in [2.45, 2.75) is 13.5 Å². The minimum atomic E-state index is -0.105. The number of carbonyl (C=O) groups is 1. The predicted molar refractivity (Wildman–Crippen MR) is 70.9 cm³/mol. The van der Waals surface area contributed by atoms with Crippen molar-refractivity contribution in [2.24, 2.45) is 0 Å². The molecule has 98 valence electrons. The molecule has 0 aliphatic rings. The first-order chi connectivity index (χ1) is 9.15. The quantitative estimate of drug-likeness (QED) is 0.834. The van der Waals surface area contributed by atoms with Crippen LogP contribution in [0.25, 0.3) is 6.08 Å². The molecule has 6 nitrogen and oxygen atoms in total. The summed E-state index contributed by atoms with van der Waals surface area (Å²) in [6.45, 7) is 2.20. The molecule has 19 heavy (non-hydrogen) atoms. The van der Waals surface area contributed by atoms with E-state index in [1.54, 1.807) is 30.4 Å². The molecule has 1 amide bonds. The smallest absolute Gasteiger partial charge is 0.246 e. The second kappa shape index (κ2) is 5.90. The van der Waals surface area contributed by atoms with Crippen LogP contribution in [0.5, 0.6) is 0 Å². The zero-order valence-electron chi connectivity index (χ0n) is 10.9. The van der Waals surface area contributed by atoms with Crippen molar-refractivity contribution >= 4 is 12.0 Å². The van der Waals surface area contributed by atoms with E-state index in [1.165, 1.54) is 6.08 Å². The van der Waals surface area contributed by atoms with E-state index in [2.05, 4.69) is 20.2 Å². The summed E-state index contributed by atoms with van der Waals surface area (Å²) in [6.07, 6.45) is 6.63. The molecular weight excluding hydrogens is 242 g/mol. The van der Waals surface area contributed by atoms with Gasteiger partial charge in [-0.05, 0) is 24.6 Å². The third kappa shape index (κ3) is 3.74. The van der Waals surface area contributed by atoms with E-state index in [0.717, 1.165) is 11.4 Å². The summed E-state index contributed by atoms with van der Waals surface area (Å²) in [7, 11) is 1.71. The van der Waals surface area contributed by atoms with Gasteiger partial charge in [-0.25, -0.2) is 4.98 Å². The number of aryl methyl sites for hydroxylation is 1. The molecule has 1 N–H and O–H groups in total. The van der Waals surface area contributed by atoms with Crippen LogP contribution in [0.1, 0.15) is 17.2 Å². The molecule has 0 atom stereocenters. The van der Waals surface area contributed by atoms with Crippen LogP contribution in [0, 0.1) is 6.92 Å². The van der Waals surface area contributed by atoms with E-state index < -0.39 is 0 Å². The number of hydrogen-bond donors (Lipinski definition) is 1. The Balaban J connectivity index is 1.94. The fourth-order valence-corrected chi connectivity index (χ4v) is 1.52. The molecule has 0 fully saturated rings. The van der Waals surface area contributed by atoms with Gasteiger partial charge in [0.1, 0.15) is 5.82 Å². The maximum Gasteiger partial charge on any atom is 0.246 e. The van der Waals surface area contributed by atoms with Crippen LogP contribution in [0.2, 0.25) is 0 Å². The Labute approximate surface area is 111 Å². The van der Waals surface area contributed by atoms with Crippen molar-refractivity contribution < 1.29 is 4.79 Å². The zero-order chi connectivity index (χ0) is 13.7. The number of carbonyl (C=O) groups excluding carboxylic acids is 1. The topological polar surface area (TPSA) is 74.8 Å². The highest BCUT2D eigenvalue weighted by molar-refractivity contribution is 5.91. The number of rotatable bonds is 4. The molecule has 0 aromatic carbocycles. The minimum absolute atomic E-state index is 0.105. The van der Waals surface area contributed by atoms with Crippen molar-refractivity contribution in [3.63, 3.8) is 0 Å². The number of pyridine rings is 1. The molecule has 2 aromatic rings. The van der Waals surface area contributed by atoms with E-state index in [-0.39, 0.29) is 5.91 Å². The molecular formula is C13H15N5O. The van der Waals surface area contributed by atoms with Crippen molar-refractivity contribution in [2.75, 3.05) is 7.05 Å². The Morgan fingerprint density at radius 2 is 2.37 bits per heavy atom. The summed E-state index contributed by atoms with van der Waals surface area (Å²) in [4.78, 5) is 21.6. The molecule has 2 heterocycles. The zero-order valence-corrected chi connectivity index (χ0v) is 10.9. The highest BCUT2D eigenvalue weighted by Gasteiger charge is 2.08. The molecule has 0 spiro atoms. The number of hydrogen-bond acceptors (Lipinski definition) is 4. The monoisotopic (exact) mass is 257 g/mol. The van der Waals surface area contributed by atoms with E-state index in [0.29, 0.717) is 12.4 Å². The second-order valence-corrected chi connectivity index (χ2v) is 4.15. The molecule has 6 heteroatoms. The third-order valence-electron chi connectivity index (χ3n) is 2.50. The maximum absolute atomic E-state index is 11.9. The summed E-state index contributed by atoms with van der Waals surface area (Å²) in [5.41, 5.74) is 0.887. The average Bonchev–Trinajstić information content (AvgIpc) is 2.82. The first-order valence-corrected chi connectivity index (χ1v) is 5.86. The number of likely N-dealkylation sites (N-methyl/N-ethyl adjacent to an activating group) is 1.